The lowest BCUT2D eigenvalue weighted by atomic mass is 10.2. The van der Waals surface area contributed by atoms with E-state index in [-0.39, 0.29) is 0 Å². The van der Waals surface area contributed by atoms with Crippen molar-refractivity contribution in [3.05, 3.63) is 36.5 Å². The molecule has 0 atom stereocenters. The van der Waals surface area contributed by atoms with E-state index in [1.165, 1.54) is 5.57 Å². The van der Waals surface area contributed by atoms with Crippen molar-refractivity contribution in [1.29, 1.82) is 0 Å². The van der Waals surface area contributed by atoms with E-state index in [0.717, 1.165) is 0 Å². The average Bonchev–Trinajstić information content (AvgIpc) is 1.89. The molecule has 0 aliphatic heterocycles. The first-order valence-electron chi connectivity index (χ1n) is 3.19. The fourth-order valence-electron chi connectivity index (χ4n) is 0.555. The lowest BCUT2D eigenvalue weighted by molar-refractivity contribution is 1.26. The van der Waals surface area contributed by atoms with Gasteiger partial charge < -0.3 is 0 Å². The molecule has 0 saturated heterocycles. The second kappa shape index (κ2) is 6.02. The summed E-state index contributed by atoms with van der Waals surface area (Å²) in [5.41, 5.74) is 1.18. The first-order valence-corrected chi connectivity index (χ1v) is 3.19. The molecule has 1 nitrogen and oxygen atoms in total. The van der Waals surface area contributed by atoms with Crippen molar-refractivity contribution in [2.45, 2.75) is 6.92 Å². The van der Waals surface area contributed by atoms with Gasteiger partial charge in [-0.1, -0.05) is 36.5 Å². The van der Waals surface area contributed by atoms with Crippen LogP contribution in [0.1, 0.15) is 6.92 Å². The molecule has 0 aromatic carbocycles. The Morgan fingerprint density at radius 1 is 1.60 bits per heavy atom. The van der Waals surface area contributed by atoms with Gasteiger partial charge in [-0.15, -0.1) is 0 Å². The number of rotatable bonds is 4. The predicted molar refractivity (Wildman–Crippen MR) is 47.5 cm³/mol. The van der Waals surface area contributed by atoms with Crippen molar-refractivity contribution in [3.63, 3.8) is 0 Å². The maximum atomic E-state index is 3.68. The summed E-state index contributed by atoms with van der Waals surface area (Å²) in [4.78, 5) is 3.68. The summed E-state index contributed by atoms with van der Waals surface area (Å²) in [6.07, 6.45) is 7.67. The molecule has 0 saturated carbocycles. The molecule has 0 spiro atoms. The Kier molecular flexibility index (Phi) is 5.35. The highest BCUT2D eigenvalue weighted by Gasteiger charge is 1.75. The van der Waals surface area contributed by atoms with Crippen LogP contribution in [-0.4, -0.2) is 13.3 Å². The van der Waals surface area contributed by atoms with Crippen molar-refractivity contribution < 1.29 is 0 Å². The van der Waals surface area contributed by atoms with Crippen molar-refractivity contribution >= 4 is 6.72 Å². The second-order valence-corrected chi connectivity index (χ2v) is 1.95. The lowest BCUT2D eigenvalue weighted by Gasteiger charge is -1.85. The Balaban J connectivity index is 3.75. The van der Waals surface area contributed by atoms with Gasteiger partial charge in [0.1, 0.15) is 0 Å². The minimum Gasteiger partial charge on any atom is -0.297 e. The normalized spacial score (nSPS) is 11.9. The zero-order valence-corrected chi connectivity index (χ0v) is 6.38. The van der Waals surface area contributed by atoms with Crippen molar-refractivity contribution in [2.75, 3.05) is 6.54 Å². The number of hydrogen-bond donors (Lipinski definition) is 0. The second-order valence-electron chi connectivity index (χ2n) is 1.95. The van der Waals surface area contributed by atoms with Crippen LogP contribution >= 0.6 is 0 Å². The molecule has 0 aromatic heterocycles. The Morgan fingerprint density at radius 2 is 2.30 bits per heavy atom. The van der Waals surface area contributed by atoms with Crippen LogP contribution in [0.3, 0.4) is 0 Å². The molecule has 1 heteroatoms. The molecular weight excluding hydrogens is 122 g/mol. The number of nitrogens with zero attached hydrogens (tertiary/aromatic N) is 1. The van der Waals surface area contributed by atoms with Crippen LogP contribution in [0.2, 0.25) is 0 Å². The summed E-state index contributed by atoms with van der Waals surface area (Å²) in [7, 11) is 0. The molecule has 54 valence electrons. The van der Waals surface area contributed by atoms with E-state index in [9.17, 15) is 0 Å². The highest BCUT2D eigenvalue weighted by atomic mass is 14.6. The third-order valence-corrected chi connectivity index (χ3v) is 0.996. The van der Waals surface area contributed by atoms with E-state index in [1.807, 2.05) is 25.2 Å². The van der Waals surface area contributed by atoms with Crippen LogP contribution in [0, 0.1) is 0 Å². The van der Waals surface area contributed by atoms with Gasteiger partial charge in [0.25, 0.3) is 0 Å². The van der Waals surface area contributed by atoms with Gasteiger partial charge in [0.15, 0.2) is 0 Å². The highest BCUT2D eigenvalue weighted by molar-refractivity contribution is 5.25. The molecule has 0 rings (SSSR count). The Labute approximate surface area is 62.5 Å². The Morgan fingerprint density at radius 3 is 2.80 bits per heavy atom. The lowest BCUT2D eigenvalue weighted by Crippen LogP contribution is -1.70. The Bertz CT molecular complexity index is 164. The SMILES string of the molecule is C=C/C=C(C)\C=C/CN=C. The van der Waals surface area contributed by atoms with Gasteiger partial charge in [0.05, 0.1) is 6.54 Å². The zero-order valence-electron chi connectivity index (χ0n) is 6.38. The predicted octanol–water partition coefficient (Wildman–Crippen LogP) is 2.38. The maximum absolute atomic E-state index is 3.68. The third kappa shape index (κ3) is 5.04. The topological polar surface area (TPSA) is 12.4 Å². The van der Waals surface area contributed by atoms with Crippen molar-refractivity contribution in [2.24, 2.45) is 4.99 Å². The van der Waals surface area contributed by atoms with Gasteiger partial charge >= 0.3 is 0 Å². The quantitative estimate of drug-likeness (QED) is 0.414. The van der Waals surface area contributed by atoms with Crippen LogP contribution in [0.4, 0.5) is 0 Å². The monoisotopic (exact) mass is 135 g/mol. The molecule has 10 heavy (non-hydrogen) atoms. The zero-order chi connectivity index (χ0) is 7.82. The van der Waals surface area contributed by atoms with Gasteiger partial charge in [-0.05, 0) is 13.6 Å². The molecule has 0 fully saturated rings. The first kappa shape index (κ1) is 8.89. The molecular formula is C9H13N. The molecule has 0 aromatic rings. The molecule has 0 heterocycles. The number of aliphatic imine (C=N–C) groups is 1. The van der Waals surface area contributed by atoms with E-state index in [1.54, 1.807) is 6.08 Å². The fourth-order valence-corrected chi connectivity index (χ4v) is 0.555. The number of allylic oxidation sites excluding steroid dienone is 4. The number of hydrogen-bond acceptors (Lipinski definition) is 1. The fraction of sp³-hybridized carbons (Fsp3) is 0.222. The minimum atomic E-state index is 0.683. The van der Waals surface area contributed by atoms with Crippen LogP contribution in [0.5, 0.6) is 0 Å². The van der Waals surface area contributed by atoms with Crippen LogP contribution in [0.25, 0.3) is 0 Å². The Hall–Kier alpha value is -1.11. The average molecular weight is 135 g/mol. The van der Waals surface area contributed by atoms with Gasteiger partial charge in [0.2, 0.25) is 0 Å². The van der Waals surface area contributed by atoms with Crippen LogP contribution in [-0.2, 0) is 0 Å². The van der Waals surface area contributed by atoms with Gasteiger partial charge in [-0.25, -0.2) is 0 Å². The molecule has 0 aliphatic rings. The molecule has 0 N–H and O–H groups in total. The van der Waals surface area contributed by atoms with E-state index < -0.39 is 0 Å². The summed E-state index contributed by atoms with van der Waals surface area (Å²) in [5, 5.41) is 0. The summed E-state index contributed by atoms with van der Waals surface area (Å²) in [5.74, 6) is 0. The largest absolute Gasteiger partial charge is 0.297 e. The van der Waals surface area contributed by atoms with E-state index in [4.69, 9.17) is 0 Å². The summed E-state index contributed by atoms with van der Waals surface area (Å²) in [6.45, 7) is 9.64. The van der Waals surface area contributed by atoms with Crippen molar-refractivity contribution in [3.8, 4) is 0 Å². The summed E-state index contributed by atoms with van der Waals surface area (Å²) in [6, 6.07) is 0. The third-order valence-electron chi connectivity index (χ3n) is 0.996. The van der Waals surface area contributed by atoms with Gasteiger partial charge in [-0.3, -0.25) is 4.99 Å². The first-order chi connectivity index (χ1) is 4.81. The smallest absolute Gasteiger partial charge is 0.0566 e. The molecule has 0 amide bonds. The molecule has 0 radical (unpaired) electrons. The van der Waals surface area contributed by atoms with Crippen LogP contribution < -0.4 is 0 Å². The molecule has 0 bridgehead atoms. The standard InChI is InChI=1S/C9H13N/c1-4-6-9(2)7-5-8-10-3/h4-7H,1,3,8H2,2H3/b7-5-,9-6-. The molecule has 0 unspecified atom stereocenters. The van der Waals surface area contributed by atoms with Gasteiger partial charge in [0, 0.05) is 0 Å². The maximum Gasteiger partial charge on any atom is 0.0566 e. The van der Waals surface area contributed by atoms with E-state index in [2.05, 4.69) is 18.3 Å². The van der Waals surface area contributed by atoms with Crippen LogP contribution in [0.15, 0.2) is 41.4 Å². The minimum absolute atomic E-state index is 0.683. The van der Waals surface area contributed by atoms with Crippen molar-refractivity contribution in [1.82, 2.24) is 0 Å². The van der Waals surface area contributed by atoms with E-state index >= 15 is 0 Å². The van der Waals surface area contributed by atoms with E-state index in [0.29, 0.717) is 6.54 Å². The highest BCUT2D eigenvalue weighted by Crippen LogP contribution is 1.93. The molecule has 0 aliphatic carbocycles. The summed E-state index contributed by atoms with van der Waals surface area (Å²) >= 11 is 0. The summed E-state index contributed by atoms with van der Waals surface area (Å²) < 4.78 is 0. The van der Waals surface area contributed by atoms with Gasteiger partial charge in [-0.2, -0.15) is 0 Å².